The normalized spacial score (nSPS) is 12.0. The summed E-state index contributed by atoms with van der Waals surface area (Å²) in [5, 5.41) is 14.0. The Bertz CT molecular complexity index is 757. The summed E-state index contributed by atoms with van der Waals surface area (Å²) in [5.41, 5.74) is 7.58. The molecule has 1 atom stereocenters. The summed E-state index contributed by atoms with van der Waals surface area (Å²) in [4.78, 5) is 11.7. The van der Waals surface area contributed by atoms with E-state index in [9.17, 15) is 9.90 Å². The van der Waals surface area contributed by atoms with Gasteiger partial charge in [-0.3, -0.25) is 4.79 Å². The van der Waals surface area contributed by atoms with Crippen molar-refractivity contribution in [2.75, 3.05) is 25.4 Å². The summed E-state index contributed by atoms with van der Waals surface area (Å²) in [6.07, 6.45) is 2.20. The molecule has 2 aromatic rings. The van der Waals surface area contributed by atoms with Crippen LogP contribution >= 0.6 is 23.2 Å². The molecule has 1 unspecified atom stereocenters. The Kier molecular flexibility index (Phi) is 9.58. The fourth-order valence-electron chi connectivity index (χ4n) is 2.71. The first-order valence-electron chi connectivity index (χ1n) is 9.30. The maximum atomic E-state index is 11.7. The molecule has 0 saturated heterocycles. The number of anilines is 1. The molecule has 2 rings (SSSR count). The van der Waals surface area contributed by atoms with Crippen LogP contribution in [0, 0.1) is 0 Å². The first-order valence-corrected chi connectivity index (χ1v) is 10.1. The van der Waals surface area contributed by atoms with Gasteiger partial charge in [0.2, 0.25) is 0 Å². The first-order chi connectivity index (χ1) is 13.5. The van der Waals surface area contributed by atoms with E-state index in [1.165, 1.54) is 0 Å². The minimum Gasteiger partial charge on any atom is -0.465 e. The molecule has 0 amide bonds. The highest BCUT2D eigenvalue weighted by Gasteiger charge is 2.15. The van der Waals surface area contributed by atoms with E-state index in [4.69, 9.17) is 33.7 Å². The third kappa shape index (κ3) is 7.32. The molecule has 5 nitrogen and oxygen atoms in total. The third-order valence-corrected chi connectivity index (χ3v) is 5.20. The zero-order valence-corrected chi connectivity index (χ0v) is 17.2. The van der Waals surface area contributed by atoms with E-state index in [0.717, 1.165) is 31.4 Å². The number of rotatable bonds is 11. The summed E-state index contributed by atoms with van der Waals surface area (Å²) >= 11 is 12.1. The first kappa shape index (κ1) is 22.5. The third-order valence-electron chi connectivity index (χ3n) is 4.29. The Morgan fingerprint density at radius 2 is 1.82 bits per heavy atom. The van der Waals surface area contributed by atoms with Gasteiger partial charge in [-0.1, -0.05) is 59.6 Å². The topological polar surface area (TPSA) is 84.6 Å². The Morgan fingerprint density at radius 3 is 2.57 bits per heavy atom. The second kappa shape index (κ2) is 11.9. The van der Waals surface area contributed by atoms with Crippen LogP contribution in [-0.4, -0.2) is 30.8 Å². The van der Waals surface area contributed by atoms with Crippen LogP contribution < -0.4 is 11.1 Å². The van der Waals surface area contributed by atoms with Crippen molar-refractivity contribution in [1.82, 2.24) is 5.32 Å². The fourth-order valence-corrected chi connectivity index (χ4v) is 3.18. The predicted octanol–water partition coefficient (Wildman–Crippen LogP) is 4.15. The fraction of sp³-hybridized carbons (Fsp3) is 0.381. The lowest BCUT2D eigenvalue weighted by molar-refractivity contribution is -0.142. The number of nitrogens with two attached hydrogens (primary N) is 1. The number of aliphatic hydroxyl groups excluding tert-OH is 1. The average molecular weight is 425 g/mol. The van der Waals surface area contributed by atoms with E-state index in [2.05, 4.69) is 5.32 Å². The highest BCUT2D eigenvalue weighted by Crippen LogP contribution is 2.34. The zero-order chi connectivity index (χ0) is 20.4. The minimum absolute atomic E-state index is 0.202. The Labute approximate surface area is 175 Å². The number of hydrogen-bond donors (Lipinski definition) is 3. The van der Waals surface area contributed by atoms with Crippen LogP contribution in [0.1, 0.15) is 36.5 Å². The maximum absolute atomic E-state index is 11.7. The van der Waals surface area contributed by atoms with Crippen LogP contribution in [0.15, 0.2) is 42.5 Å². The molecule has 0 fully saturated rings. The molecule has 0 bridgehead atoms. The van der Waals surface area contributed by atoms with Crippen molar-refractivity contribution in [3.63, 3.8) is 0 Å². The van der Waals surface area contributed by atoms with Crippen molar-refractivity contribution in [3.05, 3.63) is 63.6 Å². The second-order valence-corrected chi connectivity index (χ2v) is 7.29. The van der Waals surface area contributed by atoms with E-state index in [1.54, 1.807) is 12.1 Å². The molecule has 0 aliphatic rings. The van der Waals surface area contributed by atoms with Crippen molar-refractivity contribution < 1.29 is 14.6 Å². The molecule has 0 aliphatic heterocycles. The van der Waals surface area contributed by atoms with Crippen molar-refractivity contribution in [2.24, 2.45) is 0 Å². The Hall–Kier alpha value is -1.79. The summed E-state index contributed by atoms with van der Waals surface area (Å²) in [5.74, 6) is -0.202. The van der Waals surface area contributed by atoms with Crippen molar-refractivity contribution >= 4 is 34.9 Å². The molecule has 28 heavy (non-hydrogen) atoms. The maximum Gasteiger partial charge on any atom is 0.310 e. The summed E-state index contributed by atoms with van der Waals surface area (Å²) < 4.78 is 5.25. The van der Waals surface area contributed by atoms with Gasteiger partial charge in [0.05, 0.1) is 34.9 Å². The summed E-state index contributed by atoms with van der Waals surface area (Å²) in [6.45, 7) is 1.54. The largest absolute Gasteiger partial charge is 0.465 e. The van der Waals surface area contributed by atoms with Gasteiger partial charge in [0.25, 0.3) is 0 Å². The minimum atomic E-state index is -0.760. The molecule has 0 radical (unpaired) electrons. The Balaban J connectivity index is 1.54. The smallest absolute Gasteiger partial charge is 0.310 e. The van der Waals surface area contributed by atoms with E-state index in [1.807, 2.05) is 30.3 Å². The van der Waals surface area contributed by atoms with Gasteiger partial charge in [0.15, 0.2) is 0 Å². The number of hydrogen-bond acceptors (Lipinski definition) is 5. The van der Waals surface area contributed by atoms with Gasteiger partial charge in [-0.15, -0.1) is 0 Å². The summed E-state index contributed by atoms with van der Waals surface area (Å²) in [7, 11) is 0. The molecule has 0 saturated carbocycles. The van der Waals surface area contributed by atoms with Gasteiger partial charge < -0.3 is 20.9 Å². The number of aliphatic hydroxyl groups is 1. The number of carbonyl (C=O) groups is 1. The van der Waals surface area contributed by atoms with Crippen molar-refractivity contribution in [2.45, 2.75) is 31.8 Å². The molecule has 4 N–H and O–H groups in total. The molecule has 0 heterocycles. The number of benzene rings is 2. The molecule has 0 spiro atoms. The standard InChI is InChI=1S/C21H26Cl2N2O3/c22-20-16(9-10-17(24)21(20)23)18(26)14-25-11-5-2-6-12-28-19(27)13-15-7-3-1-4-8-15/h1,3-4,7-10,18,25-26H,2,5-6,11-14,24H2. The van der Waals surface area contributed by atoms with Crippen molar-refractivity contribution in [3.8, 4) is 0 Å². The van der Waals surface area contributed by atoms with Gasteiger partial charge >= 0.3 is 5.97 Å². The monoisotopic (exact) mass is 424 g/mol. The molecule has 0 aliphatic carbocycles. The van der Waals surface area contributed by atoms with Crippen molar-refractivity contribution in [1.29, 1.82) is 0 Å². The van der Waals surface area contributed by atoms with E-state index >= 15 is 0 Å². The Morgan fingerprint density at radius 1 is 1.07 bits per heavy atom. The SMILES string of the molecule is Nc1ccc(C(O)CNCCCCCOC(=O)Cc2ccccc2)c(Cl)c1Cl. The molecular formula is C21H26Cl2N2O3. The number of carbonyl (C=O) groups excluding carboxylic acids is 1. The van der Waals surface area contributed by atoms with Gasteiger partial charge in [-0.2, -0.15) is 0 Å². The zero-order valence-electron chi connectivity index (χ0n) is 15.7. The number of unbranched alkanes of at least 4 members (excludes halogenated alkanes) is 2. The van der Waals surface area contributed by atoms with Crippen LogP contribution in [0.4, 0.5) is 5.69 Å². The average Bonchev–Trinajstić information content (AvgIpc) is 2.69. The molecular weight excluding hydrogens is 399 g/mol. The van der Waals surface area contributed by atoms with Crippen LogP contribution in [0.3, 0.4) is 0 Å². The predicted molar refractivity (Wildman–Crippen MR) is 114 cm³/mol. The number of nitrogen functional groups attached to an aromatic ring is 1. The van der Waals surface area contributed by atoms with Crippen LogP contribution in [-0.2, 0) is 16.0 Å². The number of halogens is 2. The van der Waals surface area contributed by atoms with Crippen LogP contribution in [0.5, 0.6) is 0 Å². The summed E-state index contributed by atoms with van der Waals surface area (Å²) in [6, 6.07) is 12.9. The van der Waals surface area contributed by atoms with E-state index in [-0.39, 0.29) is 16.0 Å². The number of ether oxygens (including phenoxy) is 1. The van der Waals surface area contributed by atoms with Gasteiger partial charge in [0.1, 0.15) is 0 Å². The molecule has 152 valence electrons. The van der Waals surface area contributed by atoms with Gasteiger partial charge in [-0.05, 0) is 37.4 Å². The molecule has 0 aromatic heterocycles. The molecule has 7 heteroatoms. The lowest BCUT2D eigenvalue weighted by Gasteiger charge is -2.15. The highest BCUT2D eigenvalue weighted by molar-refractivity contribution is 6.44. The quantitative estimate of drug-likeness (QED) is 0.286. The molecule has 2 aromatic carbocycles. The van der Waals surface area contributed by atoms with E-state index in [0.29, 0.717) is 30.8 Å². The van der Waals surface area contributed by atoms with E-state index < -0.39 is 6.10 Å². The highest BCUT2D eigenvalue weighted by atomic mass is 35.5. The van der Waals surface area contributed by atoms with Gasteiger partial charge in [0, 0.05) is 12.1 Å². The van der Waals surface area contributed by atoms with Crippen LogP contribution in [0.25, 0.3) is 0 Å². The van der Waals surface area contributed by atoms with Crippen LogP contribution in [0.2, 0.25) is 10.0 Å². The lowest BCUT2D eigenvalue weighted by Crippen LogP contribution is -2.23. The number of esters is 1. The number of nitrogens with one attached hydrogen (secondary N) is 1. The lowest BCUT2D eigenvalue weighted by atomic mass is 10.1. The second-order valence-electron chi connectivity index (χ2n) is 6.54. The van der Waals surface area contributed by atoms with Gasteiger partial charge in [-0.25, -0.2) is 0 Å².